The molecule has 1 aromatic rings. The van der Waals surface area contributed by atoms with Crippen LogP contribution in [0.3, 0.4) is 0 Å². The van der Waals surface area contributed by atoms with Gasteiger partial charge in [-0.05, 0) is 31.9 Å². The van der Waals surface area contributed by atoms with Gasteiger partial charge in [0.05, 0.1) is 10.5 Å². The number of carbonyl (C=O) groups excluding carboxylic acids is 1. The third-order valence-corrected chi connectivity index (χ3v) is 3.40. The molecule has 0 aliphatic rings. The summed E-state index contributed by atoms with van der Waals surface area (Å²) in [6.07, 6.45) is 3.33. The number of hydrazine groups is 1. The van der Waals surface area contributed by atoms with Gasteiger partial charge in [-0.25, -0.2) is 4.39 Å². The van der Waals surface area contributed by atoms with Gasteiger partial charge in [0.25, 0.3) is 0 Å². The molecule has 29 heavy (non-hydrogen) atoms. The molecular formula is C20H31F3N3O3+. The highest BCUT2D eigenvalue weighted by Gasteiger charge is 2.28. The maximum absolute atomic E-state index is 14.5. The van der Waals surface area contributed by atoms with E-state index in [4.69, 9.17) is 5.11 Å². The number of para-hydroxylation sites is 1. The van der Waals surface area contributed by atoms with E-state index in [0.29, 0.717) is 12.8 Å². The molecule has 0 fully saturated rings. The zero-order valence-corrected chi connectivity index (χ0v) is 17.8. The minimum atomic E-state index is -1.09. The SMILES string of the molecule is CC.CCCC/C=C(N[N+](=O)c1c(F)cccc1F)\C(F)=C(/C)C(=O)NC.CO. The first-order valence-corrected chi connectivity index (χ1v) is 9.25. The minimum Gasteiger partial charge on any atom is -0.400 e. The molecule has 9 heteroatoms. The topological polar surface area (TPSA) is 81.4 Å². The van der Waals surface area contributed by atoms with E-state index in [9.17, 15) is 22.9 Å². The van der Waals surface area contributed by atoms with E-state index in [1.807, 2.05) is 20.8 Å². The van der Waals surface area contributed by atoms with Crippen molar-refractivity contribution in [3.8, 4) is 0 Å². The smallest absolute Gasteiger partial charge is 0.362 e. The van der Waals surface area contributed by atoms with Crippen molar-refractivity contribution in [2.45, 2.75) is 47.0 Å². The molecular weight excluding hydrogens is 387 g/mol. The molecule has 0 aliphatic heterocycles. The third-order valence-electron chi connectivity index (χ3n) is 3.40. The second kappa shape index (κ2) is 16.3. The van der Waals surface area contributed by atoms with Gasteiger partial charge in [0.15, 0.2) is 10.7 Å². The number of benzene rings is 1. The maximum Gasteiger partial charge on any atom is 0.362 e. The number of aliphatic hydroxyl groups excluding tert-OH is 1. The molecule has 1 aromatic carbocycles. The fourth-order valence-corrected chi connectivity index (χ4v) is 1.97. The highest BCUT2D eigenvalue weighted by atomic mass is 19.1. The van der Waals surface area contributed by atoms with Gasteiger partial charge in [-0.15, -0.1) is 5.43 Å². The van der Waals surface area contributed by atoms with Gasteiger partial charge in [-0.1, -0.05) is 39.3 Å². The van der Waals surface area contributed by atoms with E-state index < -0.39 is 29.1 Å². The molecule has 0 unspecified atom stereocenters. The van der Waals surface area contributed by atoms with E-state index in [0.717, 1.165) is 31.7 Å². The number of amides is 1. The highest BCUT2D eigenvalue weighted by molar-refractivity contribution is 5.93. The van der Waals surface area contributed by atoms with E-state index in [1.54, 1.807) is 0 Å². The summed E-state index contributed by atoms with van der Waals surface area (Å²) in [4.78, 5) is 23.5. The van der Waals surface area contributed by atoms with Gasteiger partial charge in [-0.3, -0.25) is 4.79 Å². The number of nitroso groups, excluding NO2 is 1. The zero-order valence-electron chi connectivity index (χ0n) is 17.8. The van der Waals surface area contributed by atoms with Crippen molar-refractivity contribution in [1.29, 1.82) is 0 Å². The summed E-state index contributed by atoms with van der Waals surface area (Å²) < 4.78 is 41.9. The van der Waals surface area contributed by atoms with Crippen LogP contribution in [0.2, 0.25) is 0 Å². The Kier molecular flexibility index (Phi) is 16.0. The Hall–Kier alpha value is -2.68. The quantitative estimate of drug-likeness (QED) is 0.190. The lowest BCUT2D eigenvalue weighted by molar-refractivity contribution is -0.523. The average Bonchev–Trinajstić information content (AvgIpc) is 2.74. The molecule has 0 saturated carbocycles. The summed E-state index contributed by atoms with van der Waals surface area (Å²) in [5.74, 6) is -3.84. The van der Waals surface area contributed by atoms with Crippen LogP contribution in [0.4, 0.5) is 18.9 Å². The summed E-state index contributed by atoms with van der Waals surface area (Å²) >= 11 is 0. The molecule has 3 N–H and O–H groups in total. The van der Waals surface area contributed by atoms with Crippen molar-refractivity contribution < 1.29 is 27.9 Å². The Bertz CT molecular complexity index is 700. The number of hydrogen-bond donors (Lipinski definition) is 3. The Balaban J connectivity index is 0. The Morgan fingerprint density at radius 1 is 1.21 bits per heavy atom. The summed E-state index contributed by atoms with van der Waals surface area (Å²) in [7, 11) is 2.33. The van der Waals surface area contributed by atoms with Gasteiger partial charge < -0.3 is 10.4 Å². The zero-order chi connectivity index (χ0) is 23.0. The number of nitrogens with zero attached hydrogens (tertiary/aromatic N) is 1. The van der Waals surface area contributed by atoms with Crippen molar-refractivity contribution in [1.82, 2.24) is 10.7 Å². The number of hydrogen-bond acceptors (Lipinski definition) is 3. The standard InChI is InChI=1S/C17H20F3N3O2.C2H6.CH4O/c1-4-5-6-10-14(15(20)11(2)17(24)21-3)22-23(25)16-12(18)8-7-9-13(16)19;2*1-2/h7-10H,4-6H2,1-3H3,(H-,21,22,24,25);1-2H3;2H,1H3/p+1/b14-10+,15-11-;;. The van der Waals surface area contributed by atoms with Crippen molar-refractivity contribution >= 4 is 11.6 Å². The van der Waals surface area contributed by atoms with Crippen LogP contribution in [-0.4, -0.2) is 30.0 Å². The molecule has 0 bridgehead atoms. The van der Waals surface area contributed by atoms with Crippen molar-refractivity contribution in [2.75, 3.05) is 14.2 Å². The number of unbranched alkanes of at least 4 members (excludes halogenated alkanes) is 2. The number of allylic oxidation sites excluding steroid dienone is 2. The maximum atomic E-state index is 14.5. The first-order chi connectivity index (χ1) is 13.8. The molecule has 0 atom stereocenters. The molecule has 164 valence electrons. The van der Waals surface area contributed by atoms with Crippen molar-refractivity contribution in [2.24, 2.45) is 0 Å². The Morgan fingerprint density at radius 3 is 2.17 bits per heavy atom. The van der Waals surface area contributed by atoms with Crippen LogP contribution in [0.25, 0.3) is 0 Å². The van der Waals surface area contributed by atoms with Gasteiger partial charge in [0.1, 0.15) is 5.70 Å². The summed E-state index contributed by atoms with van der Waals surface area (Å²) in [6, 6.07) is 2.93. The van der Waals surface area contributed by atoms with Crippen LogP contribution in [0, 0.1) is 16.5 Å². The predicted octanol–water partition coefficient (Wildman–Crippen LogP) is 4.58. The van der Waals surface area contributed by atoms with E-state index >= 15 is 0 Å². The van der Waals surface area contributed by atoms with Crippen LogP contribution in [0.5, 0.6) is 0 Å². The van der Waals surface area contributed by atoms with Crippen molar-refractivity contribution in [3.05, 3.63) is 57.9 Å². The monoisotopic (exact) mass is 418 g/mol. The number of carbonyl (C=O) groups is 1. The molecule has 0 aliphatic carbocycles. The normalized spacial score (nSPS) is 11.2. The van der Waals surface area contributed by atoms with Crippen LogP contribution in [-0.2, 0) is 4.79 Å². The Labute approximate surface area is 170 Å². The summed E-state index contributed by atoms with van der Waals surface area (Å²) in [5, 5.41) is 9.27. The summed E-state index contributed by atoms with van der Waals surface area (Å²) in [6.45, 7) is 7.17. The van der Waals surface area contributed by atoms with E-state index in [-0.39, 0.29) is 16.1 Å². The summed E-state index contributed by atoms with van der Waals surface area (Å²) in [5.41, 5.74) is 0.595. The van der Waals surface area contributed by atoms with Crippen LogP contribution < -0.4 is 10.7 Å². The lowest BCUT2D eigenvalue weighted by atomic mass is 10.1. The van der Waals surface area contributed by atoms with Crippen LogP contribution in [0.15, 0.2) is 41.4 Å². The van der Waals surface area contributed by atoms with E-state index in [2.05, 4.69) is 10.7 Å². The number of aliphatic hydroxyl groups is 1. The molecule has 6 nitrogen and oxygen atoms in total. The van der Waals surface area contributed by atoms with Crippen molar-refractivity contribution in [3.63, 3.8) is 0 Å². The minimum absolute atomic E-state index is 0.195. The van der Waals surface area contributed by atoms with Gasteiger partial charge in [0, 0.05) is 14.2 Å². The number of likely N-dealkylation sites (N-methyl/N-ethyl adjacent to an activating group) is 1. The molecule has 0 radical (unpaired) electrons. The number of halogens is 3. The molecule has 0 heterocycles. The molecule has 0 aromatic heterocycles. The highest BCUT2D eigenvalue weighted by Crippen LogP contribution is 2.22. The van der Waals surface area contributed by atoms with E-state index in [1.165, 1.54) is 20.0 Å². The van der Waals surface area contributed by atoms with Gasteiger partial charge in [-0.2, -0.15) is 8.78 Å². The number of nitrogens with one attached hydrogen (secondary N) is 2. The lowest BCUT2D eigenvalue weighted by Crippen LogP contribution is -2.26. The van der Waals surface area contributed by atoms with Gasteiger partial charge in [0.2, 0.25) is 17.5 Å². The Morgan fingerprint density at radius 2 is 1.72 bits per heavy atom. The predicted molar refractivity (Wildman–Crippen MR) is 108 cm³/mol. The largest absolute Gasteiger partial charge is 0.400 e. The average molecular weight is 418 g/mol. The second-order valence-electron chi connectivity index (χ2n) is 5.25. The van der Waals surface area contributed by atoms with Gasteiger partial charge >= 0.3 is 5.69 Å². The number of rotatable bonds is 8. The van der Waals surface area contributed by atoms with Crippen LogP contribution >= 0.6 is 0 Å². The second-order valence-corrected chi connectivity index (χ2v) is 5.25. The molecule has 1 amide bonds. The molecule has 0 saturated heterocycles. The lowest BCUT2D eigenvalue weighted by Gasteiger charge is -2.06. The molecule has 1 rings (SSSR count). The molecule has 0 spiro atoms. The fourth-order valence-electron chi connectivity index (χ4n) is 1.97. The third kappa shape index (κ3) is 9.38. The van der Waals surface area contributed by atoms with Crippen LogP contribution in [0.1, 0.15) is 47.0 Å². The first-order valence-electron chi connectivity index (χ1n) is 9.25. The first kappa shape index (κ1) is 28.5. The fraction of sp³-hybridized carbons (Fsp3) is 0.450.